The molecule has 4 rings (SSSR count). The Morgan fingerprint density at radius 1 is 1.18 bits per heavy atom. The number of carboxylic acids is 1. The Hall–Kier alpha value is -4.07. The van der Waals surface area contributed by atoms with Gasteiger partial charge in [-0.1, -0.05) is 31.5 Å². The zero-order valence-corrected chi connectivity index (χ0v) is 19.0. The molecule has 0 aliphatic carbocycles. The molecule has 0 radical (unpaired) electrons. The Bertz CT molecular complexity index is 1420. The third kappa shape index (κ3) is 4.96. The van der Waals surface area contributed by atoms with Crippen LogP contribution in [-0.4, -0.2) is 29.5 Å². The van der Waals surface area contributed by atoms with Gasteiger partial charge in [0.05, 0.1) is 17.4 Å². The number of aryl methyl sites for hydroxylation is 2. The number of ether oxygens (including phenoxy) is 1. The summed E-state index contributed by atoms with van der Waals surface area (Å²) in [4.78, 5) is 39.3. The number of carbonyl (C=O) groups excluding carboxylic acids is 2. The number of H-pyrrole nitrogens is 1. The fraction of sp³-hybridized carbons (Fsp3) is 0.269. The summed E-state index contributed by atoms with van der Waals surface area (Å²) in [6.07, 6.45) is 3.25. The highest BCUT2D eigenvalue weighted by atomic mass is 16.5. The van der Waals surface area contributed by atoms with Gasteiger partial charge in [-0.15, -0.1) is 0 Å². The molecular weight excluding hydrogens is 436 g/mol. The van der Waals surface area contributed by atoms with Crippen LogP contribution in [0.3, 0.4) is 0 Å². The summed E-state index contributed by atoms with van der Waals surface area (Å²) in [6, 6.07) is 11.2. The molecule has 8 heteroatoms. The molecule has 34 heavy (non-hydrogen) atoms. The van der Waals surface area contributed by atoms with Gasteiger partial charge in [-0.05, 0) is 48.2 Å². The molecule has 0 aliphatic rings. The summed E-state index contributed by atoms with van der Waals surface area (Å²) in [5.74, 6) is -1.58. The second-order valence-corrected chi connectivity index (χ2v) is 8.27. The van der Waals surface area contributed by atoms with Crippen molar-refractivity contribution in [3.63, 3.8) is 0 Å². The van der Waals surface area contributed by atoms with Crippen molar-refractivity contribution in [2.24, 2.45) is 0 Å². The lowest BCUT2D eigenvalue weighted by atomic mass is 10.0. The van der Waals surface area contributed by atoms with Crippen molar-refractivity contribution in [1.82, 2.24) is 10.3 Å². The summed E-state index contributed by atoms with van der Waals surface area (Å²) in [5, 5.41) is 15.7. The molecule has 2 N–H and O–H groups in total. The summed E-state index contributed by atoms with van der Waals surface area (Å²) in [6.45, 7) is 3.42. The van der Waals surface area contributed by atoms with E-state index in [-0.39, 0.29) is 6.42 Å². The number of hydrogen-bond donors (Lipinski definition) is 2. The lowest BCUT2D eigenvalue weighted by molar-refractivity contribution is -0.308. The van der Waals surface area contributed by atoms with Crippen molar-refractivity contribution in [3.8, 4) is 5.75 Å². The maximum Gasteiger partial charge on any atom is 0.336 e. The molecule has 0 saturated heterocycles. The minimum Gasteiger partial charge on any atom is -0.548 e. The smallest absolute Gasteiger partial charge is 0.336 e. The van der Waals surface area contributed by atoms with Crippen LogP contribution in [0, 0.1) is 6.92 Å². The maximum atomic E-state index is 12.6. The van der Waals surface area contributed by atoms with Gasteiger partial charge in [-0.2, -0.15) is 0 Å². The Kier molecular flexibility index (Phi) is 6.67. The SMILES string of the molecule is CCCc1cc(=O)oc2cc(C)cc(OCC(=O)N[C@@H](Cc3c[nH]c4ccccc34)C(=O)[O-])c12. The summed E-state index contributed by atoms with van der Waals surface area (Å²) in [7, 11) is 0. The van der Waals surface area contributed by atoms with Crippen molar-refractivity contribution in [2.45, 2.75) is 39.2 Å². The summed E-state index contributed by atoms with van der Waals surface area (Å²) >= 11 is 0. The molecule has 0 spiro atoms. The van der Waals surface area contributed by atoms with Crippen LogP contribution in [0.1, 0.15) is 30.0 Å². The highest BCUT2D eigenvalue weighted by Gasteiger charge is 2.18. The fourth-order valence-electron chi connectivity index (χ4n) is 4.14. The molecule has 0 fully saturated rings. The van der Waals surface area contributed by atoms with E-state index >= 15 is 0 Å². The summed E-state index contributed by atoms with van der Waals surface area (Å²) in [5.41, 5.74) is 3.15. The van der Waals surface area contributed by atoms with E-state index < -0.39 is 30.2 Å². The number of carbonyl (C=O) groups is 2. The Labute approximate surface area is 195 Å². The fourth-order valence-corrected chi connectivity index (χ4v) is 4.14. The third-order valence-electron chi connectivity index (χ3n) is 5.63. The van der Waals surface area contributed by atoms with Gasteiger partial charge >= 0.3 is 5.63 Å². The minimum absolute atomic E-state index is 0.0667. The molecular formula is C26H25N2O6-. The number of aromatic nitrogens is 1. The van der Waals surface area contributed by atoms with E-state index in [2.05, 4.69) is 10.3 Å². The zero-order chi connectivity index (χ0) is 24.2. The molecule has 1 amide bonds. The Morgan fingerprint density at radius 2 is 1.97 bits per heavy atom. The molecule has 0 saturated carbocycles. The van der Waals surface area contributed by atoms with Crippen LogP contribution < -0.4 is 20.8 Å². The van der Waals surface area contributed by atoms with Gasteiger partial charge in [0.25, 0.3) is 5.91 Å². The predicted octanol–water partition coefficient (Wildman–Crippen LogP) is 2.39. The van der Waals surface area contributed by atoms with E-state index in [1.807, 2.05) is 38.1 Å². The van der Waals surface area contributed by atoms with Gasteiger partial charge < -0.3 is 29.4 Å². The van der Waals surface area contributed by atoms with Gasteiger partial charge in [-0.3, -0.25) is 4.79 Å². The zero-order valence-electron chi connectivity index (χ0n) is 19.0. The van der Waals surface area contributed by atoms with Crippen LogP contribution in [-0.2, 0) is 22.4 Å². The second kappa shape index (κ2) is 9.82. The van der Waals surface area contributed by atoms with Crippen LogP contribution in [0.4, 0.5) is 0 Å². The van der Waals surface area contributed by atoms with Crippen molar-refractivity contribution in [3.05, 3.63) is 75.8 Å². The van der Waals surface area contributed by atoms with Crippen molar-refractivity contribution in [1.29, 1.82) is 0 Å². The quantitative estimate of drug-likeness (QED) is 0.369. The second-order valence-electron chi connectivity index (χ2n) is 8.27. The molecule has 0 aliphatic heterocycles. The van der Waals surface area contributed by atoms with Gasteiger partial charge in [0.15, 0.2) is 6.61 Å². The first-order valence-electron chi connectivity index (χ1n) is 11.1. The van der Waals surface area contributed by atoms with E-state index in [0.29, 0.717) is 23.1 Å². The van der Waals surface area contributed by atoms with Crippen LogP contribution in [0.25, 0.3) is 21.9 Å². The molecule has 0 unspecified atom stereocenters. The Morgan fingerprint density at radius 3 is 2.74 bits per heavy atom. The topological polar surface area (TPSA) is 124 Å². The molecule has 0 bridgehead atoms. The molecule has 8 nitrogen and oxygen atoms in total. The molecule has 2 heterocycles. The first kappa shape index (κ1) is 23.1. The average Bonchev–Trinajstić information content (AvgIpc) is 3.19. The van der Waals surface area contributed by atoms with E-state index in [9.17, 15) is 19.5 Å². The summed E-state index contributed by atoms with van der Waals surface area (Å²) < 4.78 is 11.1. The van der Waals surface area contributed by atoms with Crippen LogP contribution in [0.15, 0.2) is 57.9 Å². The molecule has 2 aromatic carbocycles. The van der Waals surface area contributed by atoms with Crippen LogP contribution >= 0.6 is 0 Å². The van der Waals surface area contributed by atoms with Crippen molar-refractivity contribution in [2.75, 3.05) is 6.61 Å². The number of para-hydroxylation sites is 1. The van der Waals surface area contributed by atoms with Gasteiger partial charge in [-0.25, -0.2) is 4.79 Å². The van der Waals surface area contributed by atoms with Gasteiger partial charge in [0, 0.05) is 29.6 Å². The number of carboxylic acid groups (broad SMARTS) is 1. The monoisotopic (exact) mass is 461 g/mol. The minimum atomic E-state index is -1.38. The average molecular weight is 461 g/mol. The first-order chi connectivity index (χ1) is 16.4. The lowest BCUT2D eigenvalue weighted by Gasteiger charge is -2.20. The maximum absolute atomic E-state index is 12.6. The van der Waals surface area contributed by atoms with E-state index in [4.69, 9.17) is 9.15 Å². The first-order valence-corrected chi connectivity index (χ1v) is 11.1. The van der Waals surface area contributed by atoms with E-state index in [1.165, 1.54) is 6.07 Å². The van der Waals surface area contributed by atoms with Crippen molar-refractivity contribution >= 4 is 33.7 Å². The standard InChI is InChI=1S/C26H26N2O6/c1-3-6-16-12-24(30)34-22-10-15(2)9-21(25(16)22)33-14-23(29)28-20(26(31)32)11-17-13-27-19-8-5-4-7-18(17)19/h4-5,7-10,12-13,20,27H,3,6,11,14H2,1-2H3,(H,28,29)(H,31,32)/p-1/t20-/m0/s1. The molecule has 4 aromatic rings. The van der Waals surface area contributed by atoms with Gasteiger partial charge in [0.2, 0.25) is 0 Å². The number of benzene rings is 2. The highest BCUT2D eigenvalue weighted by Crippen LogP contribution is 2.30. The van der Waals surface area contributed by atoms with Crippen molar-refractivity contribution < 1.29 is 23.8 Å². The number of fused-ring (bicyclic) bond motifs is 2. The van der Waals surface area contributed by atoms with Crippen LogP contribution in [0.2, 0.25) is 0 Å². The molecule has 1 atom stereocenters. The lowest BCUT2D eigenvalue weighted by Crippen LogP contribution is -2.50. The normalized spacial score (nSPS) is 12.1. The highest BCUT2D eigenvalue weighted by molar-refractivity contribution is 5.89. The number of aromatic amines is 1. The number of nitrogens with one attached hydrogen (secondary N) is 2. The van der Waals surface area contributed by atoms with Gasteiger partial charge in [0.1, 0.15) is 11.3 Å². The molecule has 176 valence electrons. The van der Waals surface area contributed by atoms with Crippen LogP contribution in [0.5, 0.6) is 5.75 Å². The van der Waals surface area contributed by atoms with E-state index in [1.54, 1.807) is 18.3 Å². The molecule has 2 aromatic heterocycles. The predicted molar refractivity (Wildman–Crippen MR) is 126 cm³/mol. The van der Waals surface area contributed by atoms with E-state index in [0.717, 1.165) is 34.0 Å². The number of hydrogen-bond acceptors (Lipinski definition) is 6. The largest absolute Gasteiger partial charge is 0.548 e. The number of rotatable bonds is 9. The Balaban J connectivity index is 1.51. The number of aliphatic carboxylic acids is 1. The number of amides is 1. The third-order valence-corrected chi connectivity index (χ3v) is 5.63.